The number of benzene rings is 2. The van der Waals surface area contributed by atoms with Crippen molar-refractivity contribution in [1.29, 1.82) is 0 Å². The van der Waals surface area contributed by atoms with Crippen molar-refractivity contribution < 1.29 is 17.9 Å². The number of amides is 1. The third-order valence-electron chi connectivity index (χ3n) is 3.32. The molecule has 0 aliphatic heterocycles. The fourth-order valence-electron chi connectivity index (χ4n) is 2.41. The number of para-hydroxylation sites is 1. The molecule has 0 radical (unpaired) electrons. The Morgan fingerprint density at radius 2 is 1.72 bits per heavy atom. The van der Waals surface area contributed by atoms with E-state index in [9.17, 15) is 13.2 Å². The smallest absolute Gasteiger partial charge is 0.253 e. The third kappa shape index (κ3) is 6.11. The molecule has 7 heteroatoms. The number of nitrogens with one attached hydrogen (secondary N) is 2. The minimum atomic E-state index is -3.46. The standard InChI is InChI=1S/C18H22N2O4S/c1-13-10-14(2)12-15(11-13)24-9-8-19-18(21)16-6-4-5-7-17(16)20-25(3,22)23/h4-7,10-12,20H,8-9H2,1-3H3,(H,19,21). The van der Waals surface area contributed by atoms with E-state index in [0.717, 1.165) is 23.1 Å². The molecule has 0 saturated carbocycles. The Morgan fingerprint density at radius 3 is 2.36 bits per heavy atom. The average molecular weight is 362 g/mol. The van der Waals surface area contributed by atoms with E-state index in [1.54, 1.807) is 24.3 Å². The number of hydrogen-bond donors (Lipinski definition) is 2. The molecule has 0 atom stereocenters. The molecule has 1 amide bonds. The molecular weight excluding hydrogens is 340 g/mol. The summed E-state index contributed by atoms with van der Waals surface area (Å²) < 4.78 is 30.7. The van der Waals surface area contributed by atoms with Crippen molar-refractivity contribution in [2.45, 2.75) is 13.8 Å². The van der Waals surface area contributed by atoms with Crippen molar-refractivity contribution in [2.24, 2.45) is 0 Å². The number of sulfonamides is 1. The molecule has 2 aromatic rings. The first kappa shape index (κ1) is 18.8. The molecule has 0 spiro atoms. The first-order chi connectivity index (χ1) is 11.7. The largest absolute Gasteiger partial charge is 0.492 e. The second-order valence-electron chi connectivity index (χ2n) is 5.85. The van der Waals surface area contributed by atoms with Crippen molar-refractivity contribution in [1.82, 2.24) is 5.32 Å². The van der Waals surface area contributed by atoms with E-state index >= 15 is 0 Å². The summed E-state index contributed by atoms with van der Waals surface area (Å²) in [5.41, 5.74) is 2.73. The van der Waals surface area contributed by atoms with Crippen molar-refractivity contribution in [3.63, 3.8) is 0 Å². The number of aryl methyl sites for hydroxylation is 2. The van der Waals surface area contributed by atoms with Crippen LogP contribution in [0.5, 0.6) is 5.75 Å². The van der Waals surface area contributed by atoms with Crippen LogP contribution < -0.4 is 14.8 Å². The van der Waals surface area contributed by atoms with Gasteiger partial charge < -0.3 is 10.1 Å². The van der Waals surface area contributed by atoms with Gasteiger partial charge in [0.05, 0.1) is 24.1 Å². The molecule has 0 saturated heterocycles. The molecule has 2 rings (SSSR count). The molecule has 0 fully saturated rings. The maximum Gasteiger partial charge on any atom is 0.253 e. The summed E-state index contributed by atoms with van der Waals surface area (Å²) in [5.74, 6) is 0.390. The minimum absolute atomic E-state index is 0.248. The van der Waals surface area contributed by atoms with Gasteiger partial charge in [0.1, 0.15) is 12.4 Å². The fraction of sp³-hybridized carbons (Fsp3) is 0.278. The van der Waals surface area contributed by atoms with E-state index in [0.29, 0.717) is 13.2 Å². The number of carbonyl (C=O) groups is 1. The summed E-state index contributed by atoms with van der Waals surface area (Å²) in [4.78, 5) is 12.3. The maximum atomic E-state index is 12.3. The van der Waals surface area contributed by atoms with Crippen molar-refractivity contribution in [2.75, 3.05) is 24.1 Å². The SMILES string of the molecule is Cc1cc(C)cc(OCCNC(=O)c2ccccc2NS(C)(=O)=O)c1. The third-order valence-corrected chi connectivity index (χ3v) is 3.91. The summed E-state index contributed by atoms with van der Waals surface area (Å²) in [6.45, 7) is 4.61. The zero-order chi connectivity index (χ0) is 18.4. The van der Waals surface area contributed by atoms with Crippen LogP contribution in [0.3, 0.4) is 0 Å². The lowest BCUT2D eigenvalue weighted by molar-refractivity contribution is 0.0948. The quantitative estimate of drug-likeness (QED) is 0.741. The highest BCUT2D eigenvalue weighted by molar-refractivity contribution is 7.92. The van der Waals surface area contributed by atoms with Gasteiger partial charge in [0, 0.05) is 0 Å². The summed E-state index contributed by atoms with van der Waals surface area (Å²) in [5, 5.41) is 2.73. The number of rotatable bonds is 7. The Morgan fingerprint density at radius 1 is 1.08 bits per heavy atom. The van der Waals surface area contributed by atoms with E-state index in [1.165, 1.54) is 0 Å². The van der Waals surface area contributed by atoms with Gasteiger partial charge in [-0.3, -0.25) is 9.52 Å². The average Bonchev–Trinajstić information content (AvgIpc) is 2.49. The van der Waals surface area contributed by atoms with Gasteiger partial charge in [-0.1, -0.05) is 18.2 Å². The van der Waals surface area contributed by atoms with Crippen LogP contribution in [-0.4, -0.2) is 33.7 Å². The zero-order valence-corrected chi connectivity index (χ0v) is 15.3. The monoisotopic (exact) mass is 362 g/mol. The fourth-order valence-corrected chi connectivity index (χ4v) is 2.99. The summed E-state index contributed by atoms with van der Waals surface area (Å²) in [6, 6.07) is 12.4. The van der Waals surface area contributed by atoms with Gasteiger partial charge in [0.25, 0.3) is 5.91 Å². The van der Waals surface area contributed by atoms with Gasteiger partial charge >= 0.3 is 0 Å². The maximum absolute atomic E-state index is 12.3. The molecule has 2 aromatic carbocycles. The van der Waals surface area contributed by atoms with Gasteiger partial charge in [-0.25, -0.2) is 8.42 Å². The number of anilines is 1. The first-order valence-electron chi connectivity index (χ1n) is 7.81. The van der Waals surface area contributed by atoms with Crippen molar-refractivity contribution >= 4 is 21.6 Å². The minimum Gasteiger partial charge on any atom is -0.492 e. The lowest BCUT2D eigenvalue weighted by Gasteiger charge is -2.12. The van der Waals surface area contributed by atoms with Gasteiger partial charge in [0.15, 0.2) is 0 Å². The number of carbonyl (C=O) groups excluding carboxylic acids is 1. The van der Waals surface area contributed by atoms with E-state index < -0.39 is 10.0 Å². The van der Waals surface area contributed by atoms with E-state index in [1.807, 2.05) is 26.0 Å². The second-order valence-corrected chi connectivity index (χ2v) is 7.60. The summed E-state index contributed by atoms with van der Waals surface area (Å²) >= 11 is 0. The predicted molar refractivity (Wildman–Crippen MR) is 98.7 cm³/mol. The summed E-state index contributed by atoms with van der Waals surface area (Å²) in [7, 11) is -3.46. The molecule has 134 valence electrons. The molecule has 0 aromatic heterocycles. The molecule has 2 N–H and O–H groups in total. The van der Waals surface area contributed by atoms with Crippen LogP contribution in [0.15, 0.2) is 42.5 Å². The molecule has 0 aliphatic carbocycles. The van der Waals surface area contributed by atoms with Crippen molar-refractivity contribution in [3.05, 3.63) is 59.2 Å². The highest BCUT2D eigenvalue weighted by Gasteiger charge is 2.13. The Labute approximate surface area is 148 Å². The van der Waals surface area contributed by atoms with Crippen LogP contribution >= 0.6 is 0 Å². The lowest BCUT2D eigenvalue weighted by Crippen LogP contribution is -2.29. The van der Waals surface area contributed by atoms with Crippen LogP contribution in [0.2, 0.25) is 0 Å². The zero-order valence-electron chi connectivity index (χ0n) is 14.5. The second kappa shape index (κ2) is 8.02. The van der Waals surface area contributed by atoms with Gasteiger partial charge in [-0.2, -0.15) is 0 Å². The predicted octanol–water partition coefficient (Wildman–Crippen LogP) is 2.48. The van der Waals surface area contributed by atoms with E-state index in [2.05, 4.69) is 16.1 Å². The van der Waals surface area contributed by atoms with Crippen LogP contribution in [0.25, 0.3) is 0 Å². The van der Waals surface area contributed by atoms with E-state index in [-0.39, 0.29) is 17.2 Å². The Kier molecular flexibility index (Phi) is 6.03. The molecular formula is C18H22N2O4S. The topological polar surface area (TPSA) is 84.5 Å². The first-order valence-corrected chi connectivity index (χ1v) is 9.70. The Hall–Kier alpha value is -2.54. The normalized spacial score (nSPS) is 11.0. The lowest BCUT2D eigenvalue weighted by atomic mass is 10.1. The van der Waals surface area contributed by atoms with Crippen molar-refractivity contribution in [3.8, 4) is 5.75 Å². The van der Waals surface area contributed by atoms with Crippen LogP contribution in [0, 0.1) is 13.8 Å². The van der Waals surface area contributed by atoms with Gasteiger partial charge in [0.2, 0.25) is 10.0 Å². The molecule has 0 aliphatic rings. The number of ether oxygens (including phenoxy) is 1. The van der Waals surface area contributed by atoms with E-state index in [4.69, 9.17) is 4.74 Å². The molecule has 6 nitrogen and oxygen atoms in total. The Bertz CT molecular complexity index is 843. The molecule has 25 heavy (non-hydrogen) atoms. The molecule has 0 heterocycles. The van der Waals surface area contributed by atoms with Crippen LogP contribution in [0.4, 0.5) is 5.69 Å². The molecule has 0 bridgehead atoms. The molecule has 0 unspecified atom stereocenters. The van der Waals surface area contributed by atoms with Crippen LogP contribution in [-0.2, 0) is 10.0 Å². The highest BCUT2D eigenvalue weighted by atomic mass is 32.2. The highest BCUT2D eigenvalue weighted by Crippen LogP contribution is 2.17. The number of hydrogen-bond acceptors (Lipinski definition) is 4. The van der Waals surface area contributed by atoms with Crippen LogP contribution in [0.1, 0.15) is 21.5 Å². The Balaban J connectivity index is 1.92. The summed E-state index contributed by atoms with van der Waals surface area (Å²) in [6.07, 6.45) is 1.04. The van der Waals surface area contributed by atoms with Gasteiger partial charge in [-0.05, 0) is 49.2 Å². The van der Waals surface area contributed by atoms with Gasteiger partial charge in [-0.15, -0.1) is 0 Å².